The minimum absolute atomic E-state index is 0.184. The van der Waals surface area contributed by atoms with Crippen LogP contribution in [0.1, 0.15) is 29.6 Å². The second kappa shape index (κ2) is 9.03. The second-order valence-corrected chi connectivity index (χ2v) is 8.47. The van der Waals surface area contributed by atoms with Crippen LogP contribution in [0.3, 0.4) is 0 Å². The number of unbranched alkanes of at least 4 members (excludes halogenated alkanes) is 1. The van der Waals surface area contributed by atoms with Crippen LogP contribution in [0.4, 0.5) is 0 Å². The molecule has 0 saturated heterocycles. The summed E-state index contributed by atoms with van der Waals surface area (Å²) < 4.78 is 13.0. The Kier molecular flexibility index (Phi) is 5.79. The number of hydrogen-bond acceptors (Lipinski definition) is 6. The van der Waals surface area contributed by atoms with E-state index in [2.05, 4.69) is 14.9 Å². The lowest BCUT2D eigenvalue weighted by Gasteiger charge is -2.09. The molecule has 0 amide bonds. The zero-order chi connectivity index (χ0) is 22.8. The Morgan fingerprint density at radius 1 is 0.970 bits per heavy atom. The van der Waals surface area contributed by atoms with Gasteiger partial charge in [0, 0.05) is 29.3 Å². The molecule has 168 valence electrons. The van der Waals surface area contributed by atoms with Crippen molar-refractivity contribution >= 4 is 11.4 Å². The molecule has 0 aliphatic carbocycles. The van der Waals surface area contributed by atoms with Crippen molar-refractivity contribution in [3.63, 3.8) is 0 Å². The van der Waals surface area contributed by atoms with Crippen molar-refractivity contribution in [3.8, 4) is 34.0 Å². The van der Waals surface area contributed by atoms with Crippen molar-refractivity contribution in [2.75, 3.05) is 27.4 Å². The molecule has 2 aromatic carbocycles. The van der Waals surface area contributed by atoms with Gasteiger partial charge in [-0.05, 0) is 51.7 Å². The molecule has 2 aromatic heterocycles. The van der Waals surface area contributed by atoms with Gasteiger partial charge in [0.2, 0.25) is 6.79 Å². The topological polar surface area (TPSA) is 69.0 Å². The van der Waals surface area contributed by atoms with Crippen molar-refractivity contribution in [3.05, 3.63) is 66.6 Å². The van der Waals surface area contributed by atoms with Gasteiger partial charge in [-0.2, -0.15) is 0 Å². The molecule has 0 spiro atoms. The summed E-state index contributed by atoms with van der Waals surface area (Å²) in [5.74, 6) is 1.67. The van der Waals surface area contributed by atoms with Crippen LogP contribution in [-0.4, -0.2) is 52.5 Å². The molecule has 33 heavy (non-hydrogen) atoms. The number of nitrogens with zero attached hydrogens (tertiary/aromatic N) is 4. The highest BCUT2D eigenvalue weighted by Crippen LogP contribution is 2.36. The zero-order valence-corrected chi connectivity index (χ0v) is 18.8. The van der Waals surface area contributed by atoms with E-state index in [0.29, 0.717) is 6.42 Å². The molecule has 0 N–H and O–H groups in total. The first-order chi connectivity index (χ1) is 16.1. The van der Waals surface area contributed by atoms with E-state index in [1.165, 1.54) is 0 Å². The van der Waals surface area contributed by atoms with Crippen LogP contribution in [-0.2, 0) is 0 Å². The van der Waals surface area contributed by atoms with Crippen LogP contribution in [0.5, 0.6) is 11.5 Å². The van der Waals surface area contributed by atoms with Crippen LogP contribution in [0, 0.1) is 0 Å². The molecule has 0 atom stereocenters. The normalized spacial score (nSPS) is 12.6. The Bertz CT molecular complexity index is 1290. The number of imidazole rings is 1. The number of rotatable bonds is 8. The molecule has 0 fully saturated rings. The smallest absolute Gasteiger partial charge is 0.231 e. The lowest BCUT2D eigenvalue weighted by Crippen LogP contribution is -2.13. The van der Waals surface area contributed by atoms with Crippen LogP contribution in [0.15, 0.2) is 61.1 Å². The number of Topliss-reactive ketones (excluding diaryl/α,β-unsaturated/α-hetero) is 1. The largest absolute Gasteiger partial charge is 0.454 e. The van der Waals surface area contributed by atoms with Gasteiger partial charge in [0.1, 0.15) is 0 Å². The molecule has 3 heterocycles. The maximum absolute atomic E-state index is 12.5. The van der Waals surface area contributed by atoms with E-state index in [9.17, 15) is 4.79 Å². The Hall–Kier alpha value is -3.71. The van der Waals surface area contributed by atoms with Crippen LogP contribution < -0.4 is 9.47 Å². The van der Waals surface area contributed by atoms with Crippen LogP contribution >= 0.6 is 0 Å². The van der Waals surface area contributed by atoms with E-state index >= 15 is 0 Å². The van der Waals surface area contributed by atoms with E-state index in [0.717, 1.165) is 64.6 Å². The number of carbonyl (C=O) groups is 1. The van der Waals surface area contributed by atoms with E-state index in [-0.39, 0.29) is 12.6 Å². The Labute approximate surface area is 192 Å². The van der Waals surface area contributed by atoms with Crippen molar-refractivity contribution in [1.29, 1.82) is 0 Å². The van der Waals surface area contributed by atoms with Crippen molar-refractivity contribution < 1.29 is 14.3 Å². The first kappa shape index (κ1) is 21.2. The lowest BCUT2D eigenvalue weighted by molar-refractivity contribution is 0.0978. The first-order valence-corrected chi connectivity index (χ1v) is 11.1. The van der Waals surface area contributed by atoms with Gasteiger partial charge in [-0.1, -0.05) is 24.3 Å². The summed E-state index contributed by atoms with van der Waals surface area (Å²) in [7, 11) is 4.10. The van der Waals surface area contributed by atoms with Crippen molar-refractivity contribution in [2.24, 2.45) is 0 Å². The zero-order valence-electron chi connectivity index (χ0n) is 18.8. The Morgan fingerprint density at radius 3 is 2.58 bits per heavy atom. The predicted molar refractivity (Wildman–Crippen MR) is 127 cm³/mol. The van der Waals surface area contributed by atoms with Crippen molar-refractivity contribution in [2.45, 2.75) is 19.3 Å². The minimum atomic E-state index is 0.184. The molecule has 0 saturated carbocycles. The number of fused-ring (bicyclic) bond motifs is 2. The highest BCUT2D eigenvalue weighted by molar-refractivity contribution is 5.96. The third kappa shape index (κ3) is 4.45. The quantitative estimate of drug-likeness (QED) is 0.291. The fourth-order valence-corrected chi connectivity index (χ4v) is 3.99. The highest BCUT2D eigenvalue weighted by Gasteiger charge is 2.16. The summed E-state index contributed by atoms with van der Waals surface area (Å²) >= 11 is 0. The minimum Gasteiger partial charge on any atom is -0.454 e. The molecule has 5 rings (SSSR count). The average molecular weight is 443 g/mol. The van der Waals surface area contributed by atoms with E-state index in [1.807, 2.05) is 73.4 Å². The molecule has 7 heteroatoms. The molecular formula is C26H26N4O3. The van der Waals surface area contributed by atoms with Gasteiger partial charge in [-0.25, -0.2) is 4.98 Å². The summed E-state index contributed by atoms with van der Waals surface area (Å²) in [5, 5.41) is 0. The van der Waals surface area contributed by atoms with Gasteiger partial charge in [0.05, 0.1) is 23.8 Å². The summed E-state index contributed by atoms with van der Waals surface area (Å²) in [5.41, 5.74) is 5.19. The molecule has 0 bridgehead atoms. The lowest BCUT2D eigenvalue weighted by atomic mass is 10.0. The first-order valence-electron chi connectivity index (χ1n) is 11.1. The van der Waals surface area contributed by atoms with Gasteiger partial charge in [-0.3, -0.25) is 14.2 Å². The summed E-state index contributed by atoms with van der Waals surface area (Å²) in [4.78, 5) is 23.7. The molecule has 0 unspecified atom stereocenters. The number of ketones is 1. The standard InChI is InChI=1S/C26H26N4O3/c1-29(2)12-4-3-5-23(31)19-8-6-18(7-9-19)21-16-30-22(14-28-26(30)15-27-21)20-10-11-24-25(13-20)33-17-32-24/h6-11,13-16H,3-5,12,17H2,1-2H3. The molecule has 4 aromatic rings. The third-order valence-corrected chi connectivity index (χ3v) is 5.83. The van der Waals surface area contributed by atoms with E-state index < -0.39 is 0 Å². The SMILES string of the molecule is CN(C)CCCCC(=O)c1ccc(-c2cn3c(-c4ccc5c(c4)OCO5)cnc3cn2)cc1. The predicted octanol–water partition coefficient (Wildman–Crippen LogP) is 4.71. The monoisotopic (exact) mass is 442 g/mol. The highest BCUT2D eigenvalue weighted by atomic mass is 16.7. The molecule has 7 nitrogen and oxygen atoms in total. The number of ether oxygens (including phenoxy) is 2. The van der Waals surface area contributed by atoms with Gasteiger partial charge >= 0.3 is 0 Å². The Morgan fingerprint density at radius 2 is 1.76 bits per heavy atom. The van der Waals surface area contributed by atoms with E-state index in [1.54, 1.807) is 6.20 Å². The average Bonchev–Trinajstić information content (AvgIpc) is 3.47. The number of hydrogen-bond donors (Lipinski definition) is 0. The van der Waals surface area contributed by atoms with E-state index in [4.69, 9.17) is 9.47 Å². The maximum atomic E-state index is 12.5. The molecule has 1 aliphatic rings. The number of carbonyl (C=O) groups excluding carboxylic acids is 1. The molecule has 1 aliphatic heterocycles. The third-order valence-electron chi connectivity index (χ3n) is 5.83. The summed E-state index contributed by atoms with van der Waals surface area (Å²) in [6, 6.07) is 13.6. The second-order valence-electron chi connectivity index (χ2n) is 8.47. The summed E-state index contributed by atoms with van der Waals surface area (Å²) in [6.45, 7) is 1.25. The molecule has 0 radical (unpaired) electrons. The fourth-order valence-electron chi connectivity index (χ4n) is 3.99. The van der Waals surface area contributed by atoms with Gasteiger partial charge < -0.3 is 14.4 Å². The number of benzene rings is 2. The Balaban J connectivity index is 1.36. The number of aromatic nitrogens is 3. The van der Waals surface area contributed by atoms with Crippen LogP contribution in [0.25, 0.3) is 28.2 Å². The van der Waals surface area contributed by atoms with Gasteiger partial charge in [0.25, 0.3) is 0 Å². The fraction of sp³-hybridized carbons (Fsp3) is 0.269. The van der Waals surface area contributed by atoms with Crippen molar-refractivity contribution in [1.82, 2.24) is 19.3 Å². The maximum Gasteiger partial charge on any atom is 0.231 e. The summed E-state index contributed by atoms with van der Waals surface area (Å²) in [6.07, 6.45) is 8.06. The van der Waals surface area contributed by atoms with Gasteiger partial charge in [0.15, 0.2) is 22.9 Å². The molecular weight excluding hydrogens is 416 g/mol. The van der Waals surface area contributed by atoms with Crippen LogP contribution in [0.2, 0.25) is 0 Å². The van der Waals surface area contributed by atoms with Gasteiger partial charge in [-0.15, -0.1) is 0 Å².